The number of esters is 1. The molecule has 1 aromatic rings. The highest BCUT2D eigenvalue weighted by Gasteiger charge is 2.00. The maximum absolute atomic E-state index is 13.0. The van der Waals surface area contributed by atoms with Gasteiger partial charge < -0.3 is 9.84 Å². The highest BCUT2D eigenvalue weighted by molar-refractivity contribution is 5.72. The molecule has 1 N–H and O–H groups in total. The number of ether oxygens (including phenoxy) is 1. The molecule has 0 saturated heterocycles. The van der Waals surface area contributed by atoms with Gasteiger partial charge in [-0.1, -0.05) is 18.2 Å². The zero-order valence-corrected chi connectivity index (χ0v) is 8.94. The summed E-state index contributed by atoms with van der Waals surface area (Å²) in [5.41, 5.74) is 0.967. The second-order valence-electron chi connectivity index (χ2n) is 3.19. The van der Waals surface area contributed by atoms with E-state index in [1.54, 1.807) is 18.2 Å². The van der Waals surface area contributed by atoms with Crippen molar-refractivity contribution in [3.05, 3.63) is 41.2 Å². The van der Waals surface area contributed by atoms with Crippen LogP contribution >= 0.6 is 0 Å². The van der Waals surface area contributed by atoms with Crippen molar-refractivity contribution >= 4 is 12.0 Å². The summed E-state index contributed by atoms with van der Waals surface area (Å²) in [5.74, 6) is -0.770. The van der Waals surface area contributed by atoms with Crippen LogP contribution in [0.15, 0.2) is 24.3 Å². The van der Waals surface area contributed by atoms with E-state index < -0.39 is 5.82 Å². The molecule has 0 unspecified atom stereocenters. The van der Waals surface area contributed by atoms with Gasteiger partial charge in [0.2, 0.25) is 0 Å². The molecule has 0 fully saturated rings. The molecule has 0 amide bonds. The molecule has 0 aromatic heterocycles. The van der Waals surface area contributed by atoms with Crippen molar-refractivity contribution in [1.82, 2.24) is 0 Å². The summed E-state index contributed by atoms with van der Waals surface area (Å²) in [7, 11) is 1.32. The van der Waals surface area contributed by atoms with E-state index in [0.29, 0.717) is 0 Å². The largest absolute Gasteiger partial charge is 0.469 e. The van der Waals surface area contributed by atoms with Crippen LogP contribution in [-0.4, -0.2) is 18.2 Å². The second-order valence-corrected chi connectivity index (χ2v) is 3.19. The summed E-state index contributed by atoms with van der Waals surface area (Å²) in [4.78, 5) is 10.8. The van der Waals surface area contributed by atoms with Crippen LogP contribution in [0.5, 0.6) is 0 Å². The average molecular weight is 224 g/mol. The molecule has 0 saturated carbocycles. The quantitative estimate of drug-likeness (QED) is 0.794. The minimum absolute atomic E-state index is 0.169. The summed E-state index contributed by atoms with van der Waals surface area (Å²) < 4.78 is 17.5. The van der Waals surface area contributed by atoms with E-state index in [1.165, 1.54) is 19.2 Å². The number of carbonyl (C=O) groups excluding carboxylic acids is 1. The minimum Gasteiger partial charge on any atom is -0.469 e. The molecule has 0 radical (unpaired) electrons. The number of aliphatic hydroxyl groups is 1. The van der Waals surface area contributed by atoms with E-state index in [1.807, 2.05) is 0 Å². The molecule has 86 valence electrons. The fourth-order valence-corrected chi connectivity index (χ4v) is 1.19. The summed E-state index contributed by atoms with van der Waals surface area (Å²) in [6, 6.07) is 4.38. The Balaban J connectivity index is 2.70. The number of rotatable bonds is 4. The third-order valence-corrected chi connectivity index (χ3v) is 2.06. The van der Waals surface area contributed by atoms with Crippen molar-refractivity contribution in [2.75, 3.05) is 7.11 Å². The van der Waals surface area contributed by atoms with Crippen LogP contribution in [0.2, 0.25) is 0 Å². The first-order valence-electron chi connectivity index (χ1n) is 4.80. The van der Waals surface area contributed by atoms with Crippen LogP contribution in [0.25, 0.3) is 6.08 Å². The molecule has 1 aromatic carbocycles. The lowest BCUT2D eigenvalue weighted by Crippen LogP contribution is -1.96. The Morgan fingerprint density at radius 2 is 2.31 bits per heavy atom. The summed E-state index contributed by atoms with van der Waals surface area (Å²) >= 11 is 0. The van der Waals surface area contributed by atoms with Gasteiger partial charge in [-0.05, 0) is 17.7 Å². The molecule has 1 rings (SSSR count). The van der Waals surface area contributed by atoms with Gasteiger partial charge >= 0.3 is 5.97 Å². The average Bonchev–Trinajstić information content (AvgIpc) is 2.31. The first-order chi connectivity index (χ1) is 7.67. The van der Waals surface area contributed by atoms with Crippen molar-refractivity contribution in [2.24, 2.45) is 0 Å². The van der Waals surface area contributed by atoms with Gasteiger partial charge in [0.05, 0.1) is 20.1 Å². The van der Waals surface area contributed by atoms with Crippen LogP contribution in [0.1, 0.15) is 17.5 Å². The highest BCUT2D eigenvalue weighted by atomic mass is 19.1. The Morgan fingerprint density at radius 1 is 1.56 bits per heavy atom. The predicted molar refractivity (Wildman–Crippen MR) is 58.0 cm³/mol. The lowest BCUT2D eigenvalue weighted by atomic mass is 10.1. The van der Waals surface area contributed by atoms with E-state index in [0.717, 1.165) is 5.56 Å². The van der Waals surface area contributed by atoms with E-state index in [4.69, 9.17) is 5.11 Å². The molecule has 0 heterocycles. The monoisotopic (exact) mass is 224 g/mol. The smallest absolute Gasteiger partial charge is 0.309 e. The second kappa shape index (κ2) is 6.02. The maximum Gasteiger partial charge on any atom is 0.309 e. The van der Waals surface area contributed by atoms with Gasteiger partial charge in [-0.15, -0.1) is 0 Å². The number of halogens is 1. The Kier molecular flexibility index (Phi) is 4.66. The van der Waals surface area contributed by atoms with Gasteiger partial charge in [0.25, 0.3) is 0 Å². The molecule has 0 aliphatic heterocycles. The van der Waals surface area contributed by atoms with Gasteiger partial charge in [-0.25, -0.2) is 4.39 Å². The Bertz CT molecular complexity index is 399. The number of hydrogen-bond donors (Lipinski definition) is 1. The van der Waals surface area contributed by atoms with Crippen molar-refractivity contribution in [1.29, 1.82) is 0 Å². The zero-order valence-electron chi connectivity index (χ0n) is 8.94. The van der Waals surface area contributed by atoms with E-state index >= 15 is 0 Å². The van der Waals surface area contributed by atoms with Crippen molar-refractivity contribution in [2.45, 2.75) is 13.0 Å². The first kappa shape index (κ1) is 12.4. The van der Waals surface area contributed by atoms with Gasteiger partial charge in [-0.2, -0.15) is 0 Å². The van der Waals surface area contributed by atoms with E-state index in [-0.39, 0.29) is 24.6 Å². The lowest BCUT2D eigenvalue weighted by Gasteiger charge is -2.00. The molecule has 0 bridgehead atoms. The van der Waals surface area contributed by atoms with Crippen LogP contribution < -0.4 is 0 Å². The van der Waals surface area contributed by atoms with Crippen LogP contribution in [0.4, 0.5) is 4.39 Å². The van der Waals surface area contributed by atoms with E-state index in [2.05, 4.69) is 4.74 Å². The molecule has 4 heteroatoms. The molecule has 0 atom stereocenters. The topological polar surface area (TPSA) is 46.5 Å². The number of aliphatic hydroxyl groups excluding tert-OH is 1. The molecule has 0 spiro atoms. The maximum atomic E-state index is 13.0. The van der Waals surface area contributed by atoms with Crippen molar-refractivity contribution in [3.8, 4) is 0 Å². The standard InChI is InChI=1S/C12H13FO3/c1-16-12(15)4-2-3-9-5-6-11(13)10(7-9)8-14/h2-3,5-7,14H,4,8H2,1H3. The predicted octanol–water partition coefficient (Wildman–Crippen LogP) is 1.89. The zero-order chi connectivity index (χ0) is 12.0. The van der Waals surface area contributed by atoms with Gasteiger partial charge in [0, 0.05) is 5.56 Å². The third kappa shape index (κ3) is 3.47. The molecule has 3 nitrogen and oxygen atoms in total. The summed E-state index contributed by atoms with van der Waals surface area (Å²) in [6.07, 6.45) is 3.47. The minimum atomic E-state index is -0.437. The van der Waals surface area contributed by atoms with Crippen molar-refractivity contribution in [3.63, 3.8) is 0 Å². The fourth-order valence-electron chi connectivity index (χ4n) is 1.19. The lowest BCUT2D eigenvalue weighted by molar-refractivity contribution is -0.139. The number of hydrogen-bond acceptors (Lipinski definition) is 3. The summed E-state index contributed by atoms with van der Waals surface area (Å²) in [5, 5.41) is 8.86. The third-order valence-electron chi connectivity index (χ3n) is 2.06. The highest BCUT2D eigenvalue weighted by Crippen LogP contribution is 2.12. The molecular weight excluding hydrogens is 211 g/mol. The van der Waals surface area contributed by atoms with Gasteiger partial charge in [-0.3, -0.25) is 4.79 Å². The normalized spacial score (nSPS) is 10.7. The SMILES string of the molecule is COC(=O)CC=Cc1ccc(F)c(CO)c1. The fraction of sp³-hybridized carbons (Fsp3) is 0.250. The number of benzene rings is 1. The molecule has 0 aliphatic rings. The van der Waals surface area contributed by atoms with Gasteiger partial charge in [0.1, 0.15) is 5.82 Å². The van der Waals surface area contributed by atoms with Crippen LogP contribution in [0.3, 0.4) is 0 Å². The summed E-state index contributed by atoms with van der Waals surface area (Å²) in [6.45, 7) is -0.343. The van der Waals surface area contributed by atoms with Crippen LogP contribution in [-0.2, 0) is 16.1 Å². The van der Waals surface area contributed by atoms with E-state index in [9.17, 15) is 9.18 Å². The number of methoxy groups -OCH3 is 1. The van der Waals surface area contributed by atoms with Crippen LogP contribution in [0, 0.1) is 5.82 Å². The Morgan fingerprint density at radius 3 is 2.94 bits per heavy atom. The first-order valence-corrected chi connectivity index (χ1v) is 4.80. The van der Waals surface area contributed by atoms with Crippen molar-refractivity contribution < 1.29 is 19.0 Å². The van der Waals surface area contributed by atoms with Gasteiger partial charge in [0.15, 0.2) is 0 Å². The molecular formula is C12H13FO3. The number of carbonyl (C=O) groups is 1. The Labute approximate surface area is 93.2 Å². The molecule has 0 aliphatic carbocycles. The molecule has 16 heavy (non-hydrogen) atoms. The Hall–Kier alpha value is -1.68.